The van der Waals surface area contributed by atoms with Gasteiger partial charge in [-0.3, -0.25) is 14.4 Å². The molecule has 4 atom stereocenters. The van der Waals surface area contributed by atoms with Crippen molar-refractivity contribution in [2.24, 2.45) is 0 Å². The number of aliphatic hydroxyl groups excluding tert-OH is 4. The number of aliphatic hydroxyl groups is 4. The molecule has 0 fully saturated rings. The van der Waals surface area contributed by atoms with Gasteiger partial charge in [0.15, 0.2) is 5.78 Å². The predicted octanol–water partition coefficient (Wildman–Crippen LogP) is 3.20. The molecule has 0 saturated carbocycles. The van der Waals surface area contributed by atoms with Crippen LogP contribution in [-0.2, 0) is 38.1 Å². The van der Waals surface area contributed by atoms with Crippen molar-refractivity contribution in [2.75, 3.05) is 156 Å². The van der Waals surface area contributed by atoms with Crippen LogP contribution in [0.2, 0.25) is 0 Å². The van der Waals surface area contributed by atoms with Crippen molar-refractivity contribution in [3.05, 3.63) is 25.3 Å². The second kappa shape index (κ2) is 104. The van der Waals surface area contributed by atoms with Gasteiger partial charge in [0, 0.05) is 59.9 Å². The summed E-state index contributed by atoms with van der Waals surface area (Å²) in [5.74, 6) is 0.222. The lowest BCUT2D eigenvalue weighted by Gasteiger charge is -2.07. The van der Waals surface area contributed by atoms with E-state index in [0.29, 0.717) is 39.3 Å². The number of likely N-dealkylation sites (N-methyl/N-ethyl adjacent to an activating group) is 3. The van der Waals surface area contributed by atoms with Crippen LogP contribution >= 0.6 is 0 Å². The van der Waals surface area contributed by atoms with Crippen molar-refractivity contribution >= 4 is 23.4 Å². The van der Waals surface area contributed by atoms with Crippen molar-refractivity contribution in [3.8, 4) is 0 Å². The number of allylic oxidation sites excluding steroid dienone is 1. The van der Waals surface area contributed by atoms with E-state index < -0.39 is 12.2 Å². The quantitative estimate of drug-likeness (QED) is 0.0262. The highest BCUT2D eigenvalue weighted by Gasteiger charge is 1.97. The summed E-state index contributed by atoms with van der Waals surface area (Å²) in [7, 11) is 18.5. The highest BCUT2D eigenvalue weighted by atomic mass is 16.5. The summed E-state index contributed by atoms with van der Waals surface area (Å²) in [4.78, 5) is 39.5. The molecule has 0 aromatic rings. The van der Waals surface area contributed by atoms with Crippen molar-refractivity contribution in [1.82, 2.24) is 47.9 Å². The largest absolute Gasteiger partial charge is 0.393 e. The number of unbranched alkanes of at least 4 members (excludes halogenated alkanes) is 1. The van der Waals surface area contributed by atoms with Crippen LogP contribution in [0.1, 0.15) is 127 Å². The molecule has 0 heterocycles. The van der Waals surface area contributed by atoms with E-state index in [1.54, 1.807) is 34.9 Å². The topological polar surface area (TPSA) is 294 Å². The summed E-state index contributed by atoms with van der Waals surface area (Å²) < 4.78 is 20.6. The smallest absolute Gasteiger partial charge is 0.243 e. The molecule has 0 aromatic carbocycles. The van der Waals surface area contributed by atoms with E-state index in [2.05, 4.69) is 74.9 Å². The van der Waals surface area contributed by atoms with Crippen molar-refractivity contribution in [3.63, 3.8) is 0 Å². The van der Waals surface area contributed by atoms with E-state index in [4.69, 9.17) is 39.4 Å². The second-order valence-corrected chi connectivity index (χ2v) is 15.9. The third-order valence-electron chi connectivity index (χ3n) is 7.37. The average Bonchev–Trinajstić information content (AvgIpc) is 3.37. The molecule has 21 nitrogen and oxygen atoms in total. The van der Waals surface area contributed by atoms with Gasteiger partial charge in [0.05, 0.1) is 64.1 Å². The zero-order valence-corrected chi connectivity index (χ0v) is 52.0. The fourth-order valence-electron chi connectivity index (χ4n) is 3.25. The Labute approximate surface area is 461 Å². The van der Waals surface area contributed by atoms with Crippen LogP contribution in [0.4, 0.5) is 0 Å². The summed E-state index contributed by atoms with van der Waals surface area (Å²) in [5, 5.41) is 60.4. The number of ketones is 2. The minimum atomic E-state index is -0.429. The highest BCUT2D eigenvalue weighted by Crippen LogP contribution is 1.97. The normalized spacial score (nSPS) is 10.7. The Balaban J connectivity index is -0.0000000680. The SMILES string of the molecule is C=CC(=O)NC.C=CC(C)=O.CC(O)COCCOCC(C)O.CCC(=O)NC.CCC(C)=O.CCCC(C)O.CCCCC(C)O.CNC.CNCCCOCCCNC.CNCCOCCNC.CNCNC. The first-order valence-corrected chi connectivity index (χ1v) is 26.7. The zero-order valence-electron chi connectivity index (χ0n) is 52.0. The minimum absolute atomic E-state index is 0.0185. The number of hydrogen-bond acceptors (Lipinski definition) is 19. The molecule has 2 amide bonds. The monoisotopic (exact) mass is 1090 g/mol. The van der Waals surface area contributed by atoms with E-state index in [0.717, 1.165) is 97.8 Å². The molecule has 75 heavy (non-hydrogen) atoms. The number of rotatable bonds is 32. The van der Waals surface area contributed by atoms with Crippen LogP contribution in [0.3, 0.4) is 0 Å². The lowest BCUT2D eigenvalue weighted by Crippen LogP contribution is -2.21. The molecular weight excluding hydrogens is 967 g/mol. The van der Waals surface area contributed by atoms with Crippen LogP contribution in [-0.4, -0.2) is 224 Å². The Morgan fingerprint density at radius 3 is 0.973 bits per heavy atom. The minimum Gasteiger partial charge on any atom is -0.393 e. The number of carbonyl (C=O) groups excluding carboxylic acids is 4. The first kappa shape index (κ1) is 97.7. The molecule has 0 aliphatic carbocycles. The van der Waals surface area contributed by atoms with Crippen molar-refractivity contribution in [1.29, 1.82) is 0 Å². The van der Waals surface area contributed by atoms with Gasteiger partial charge >= 0.3 is 0 Å². The Bertz CT molecular complexity index is 988. The number of carbonyl (C=O) groups is 4. The van der Waals surface area contributed by atoms with Gasteiger partial charge < -0.3 is 92.0 Å². The zero-order chi connectivity index (χ0) is 60.8. The van der Waals surface area contributed by atoms with Crippen LogP contribution in [0.15, 0.2) is 25.3 Å². The van der Waals surface area contributed by atoms with E-state index in [1.807, 2.05) is 84.1 Å². The predicted molar refractivity (Wildman–Crippen MR) is 318 cm³/mol. The number of hydrogen-bond donors (Lipinski definition) is 13. The van der Waals surface area contributed by atoms with E-state index >= 15 is 0 Å². The number of ether oxygens (including phenoxy) is 4. The third kappa shape index (κ3) is 201. The average molecular weight is 1090 g/mol. The van der Waals surface area contributed by atoms with E-state index in [9.17, 15) is 19.2 Å². The van der Waals surface area contributed by atoms with Crippen molar-refractivity contribution < 1.29 is 58.6 Å². The summed E-state index contributed by atoms with van der Waals surface area (Å²) in [6.45, 7) is 34.1. The summed E-state index contributed by atoms with van der Waals surface area (Å²) in [6, 6.07) is 0. The molecule has 0 aliphatic rings. The fraction of sp³-hybridized carbons (Fsp3) is 0.852. The van der Waals surface area contributed by atoms with Gasteiger partial charge in [-0.05, 0) is 149 Å². The Hall–Kier alpha value is -2.84. The second-order valence-electron chi connectivity index (χ2n) is 15.9. The maximum absolute atomic E-state index is 10.1. The maximum atomic E-state index is 10.1. The summed E-state index contributed by atoms with van der Waals surface area (Å²) in [5.41, 5.74) is 0. The van der Waals surface area contributed by atoms with E-state index in [-0.39, 0.29) is 35.6 Å². The first-order valence-electron chi connectivity index (χ1n) is 26.7. The molecule has 0 rings (SSSR count). The maximum Gasteiger partial charge on any atom is 0.243 e. The first-order chi connectivity index (χ1) is 35.5. The fourth-order valence-corrected chi connectivity index (χ4v) is 3.25. The molecular formula is C54H127N9O12. The van der Waals surface area contributed by atoms with Crippen molar-refractivity contribution in [2.45, 2.75) is 151 Å². The number of Topliss-reactive ketones (excluding diaryl/α,β-unsaturated/α-hetero) is 1. The number of amides is 2. The number of nitrogens with one attached hydrogen (secondary N) is 9. The van der Waals surface area contributed by atoms with Gasteiger partial charge in [0.2, 0.25) is 11.8 Å². The molecule has 13 N–H and O–H groups in total. The Morgan fingerprint density at radius 2 is 0.827 bits per heavy atom. The molecule has 460 valence electrons. The Morgan fingerprint density at radius 1 is 0.467 bits per heavy atom. The van der Waals surface area contributed by atoms with Gasteiger partial charge in [-0.15, -0.1) is 0 Å². The van der Waals surface area contributed by atoms with E-state index in [1.165, 1.54) is 25.5 Å². The lowest BCUT2D eigenvalue weighted by atomic mass is 10.2. The van der Waals surface area contributed by atoms with Crippen LogP contribution in [0.25, 0.3) is 0 Å². The molecule has 21 heteroatoms. The third-order valence-corrected chi connectivity index (χ3v) is 7.37. The molecule has 0 spiro atoms. The van der Waals surface area contributed by atoms with Crippen LogP contribution in [0.5, 0.6) is 0 Å². The van der Waals surface area contributed by atoms with Gasteiger partial charge in [-0.2, -0.15) is 0 Å². The summed E-state index contributed by atoms with van der Waals surface area (Å²) in [6.07, 6.45) is 10.2. The van der Waals surface area contributed by atoms with Gasteiger partial charge in [0.25, 0.3) is 0 Å². The molecule has 0 saturated heterocycles. The molecule has 0 radical (unpaired) electrons. The van der Waals surface area contributed by atoms with Crippen LogP contribution < -0.4 is 47.9 Å². The molecule has 0 bridgehead atoms. The Kier molecular flexibility index (Phi) is 135. The molecule has 4 unspecified atom stereocenters. The molecule has 0 aromatic heterocycles. The lowest BCUT2D eigenvalue weighted by molar-refractivity contribution is -0.120. The molecule has 0 aliphatic heterocycles. The van der Waals surface area contributed by atoms with Gasteiger partial charge in [-0.1, -0.05) is 60.1 Å². The van der Waals surface area contributed by atoms with Crippen LogP contribution in [0, 0.1) is 0 Å². The summed E-state index contributed by atoms with van der Waals surface area (Å²) >= 11 is 0. The van der Waals surface area contributed by atoms with Gasteiger partial charge in [0.1, 0.15) is 5.78 Å². The van der Waals surface area contributed by atoms with Gasteiger partial charge in [-0.25, -0.2) is 0 Å². The standard InChI is InChI=1S/C8H20N2O.C8H18O4.C6H16N2O.C6H14O.C5H12O.C4H9NO.C4H7NO.C4H8O.C4H6O.C3H10N2.C2H7N/c1-9-5-3-7-11-8-4-6-10-2;1-7(9)5-11-3-4-12-6-8(2)10;1-7-3-5-9-6-4-8-2;1-3-4-5-6(2)7;1-3-4-5(2)6;2*1-3-4(6)5-2;2*1-3-4(2)5;1-4-3-5-2;1-3-2/h9-10H,3-8H2,1-2H3;7-10H,3-6H2,1-2H3;7-8H,3-6H2,1-2H3;6-7H,3-5H2,1-2H3;5-6H,3-4H2,1-2H3;3H2,1-2H3,(H,5,6);3H,1H2,2H3,(H,5,6);3H2,1-2H3;3H,1H2,2H3;4-5H,3H2,1-2H3;3H,1-2H3. The highest BCUT2D eigenvalue weighted by molar-refractivity contribution is 5.86.